The van der Waals surface area contributed by atoms with Gasteiger partial charge in [-0.05, 0) is 23.6 Å². The molecule has 5 heteroatoms. The maximum absolute atomic E-state index is 6.40. The third-order valence-electron chi connectivity index (χ3n) is 4.10. The number of nitrogens with zero attached hydrogens (tertiary/aromatic N) is 3. The van der Waals surface area contributed by atoms with E-state index < -0.39 is 0 Å². The van der Waals surface area contributed by atoms with Crippen molar-refractivity contribution in [1.82, 2.24) is 14.8 Å². The molecule has 0 radical (unpaired) electrons. The van der Waals surface area contributed by atoms with Gasteiger partial charge in [-0.3, -0.25) is 0 Å². The smallest absolute Gasteiger partial charge is 0.222 e. The van der Waals surface area contributed by atoms with Gasteiger partial charge in [-0.2, -0.15) is 10.1 Å². The molecule has 0 fully saturated rings. The van der Waals surface area contributed by atoms with Crippen LogP contribution in [0.3, 0.4) is 0 Å². The van der Waals surface area contributed by atoms with Crippen LogP contribution in [0.5, 0.6) is 0 Å². The number of anilines is 1. The molecule has 3 aromatic rings. The molecule has 22 heavy (non-hydrogen) atoms. The first-order valence-electron chi connectivity index (χ1n) is 7.28. The van der Waals surface area contributed by atoms with Crippen LogP contribution in [0.25, 0.3) is 0 Å². The summed E-state index contributed by atoms with van der Waals surface area (Å²) in [5, 5.41) is 8.59. The van der Waals surface area contributed by atoms with Crippen molar-refractivity contribution in [3.8, 4) is 0 Å². The minimum Gasteiger partial charge on any atom is -0.348 e. The van der Waals surface area contributed by atoms with Crippen molar-refractivity contribution in [3.05, 3.63) is 77.1 Å². The second kappa shape index (κ2) is 5.46. The van der Waals surface area contributed by atoms with E-state index in [1.54, 1.807) is 6.33 Å². The lowest BCUT2D eigenvalue weighted by Gasteiger charge is -2.32. The van der Waals surface area contributed by atoms with E-state index in [0.717, 1.165) is 23.0 Å². The number of halogens is 1. The van der Waals surface area contributed by atoms with Gasteiger partial charge in [0.25, 0.3) is 0 Å². The second-order valence-electron chi connectivity index (χ2n) is 5.41. The Kier molecular flexibility index (Phi) is 3.31. The zero-order valence-corrected chi connectivity index (χ0v) is 12.6. The minimum absolute atomic E-state index is 0.0812. The van der Waals surface area contributed by atoms with Gasteiger partial charge in [0.15, 0.2) is 0 Å². The highest BCUT2D eigenvalue weighted by Crippen LogP contribution is 2.39. The zero-order valence-electron chi connectivity index (χ0n) is 11.9. The molecule has 0 bridgehead atoms. The van der Waals surface area contributed by atoms with Crippen molar-refractivity contribution >= 4 is 17.5 Å². The van der Waals surface area contributed by atoms with Crippen LogP contribution >= 0.6 is 11.6 Å². The number of hydrogen-bond acceptors (Lipinski definition) is 3. The Morgan fingerprint density at radius 2 is 1.82 bits per heavy atom. The summed E-state index contributed by atoms with van der Waals surface area (Å²) in [5.41, 5.74) is 2.33. The van der Waals surface area contributed by atoms with Gasteiger partial charge in [0.1, 0.15) is 6.33 Å². The molecular weight excluding hydrogens is 296 g/mol. The molecule has 1 aliphatic rings. The van der Waals surface area contributed by atoms with Crippen LogP contribution in [-0.2, 0) is 0 Å². The predicted molar refractivity (Wildman–Crippen MR) is 87.0 cm³/mol. The first-order valence-corrected chi connectivity index (χ1v) is 7.66. The quantitative estimate of drug-likeness (QED) is 0.775. The Balaban J connectivity index is 1.77. The molecule has 0 saturated carbocycles. The van der Waals surface area contributed by atoms with E-state index >= 15 is 0 Å². The highest BCUT2D eigenvalue weighted by molar-refractivity contribution is 6.31. The topological polar surface area (TPSA) is 42.7 Å². The van der Waals surface area contributed by atoms with Crippen LogP contribution in [0.1, 0.15) is 29.6 Å². The van der Waals surface area contributed by atoms with Gasteiger partial charge >= 0.3 is 0 Å². The minimum atomic E-state index is 0.0812. The fourth-order valence-electron chi connectivity index (χ4n) is 3.03. The molecule has 1 N–H and O–H groups in total. The molecule has 0 aliphatic carbocycles. The fourth-order valence-corrected chi connectivity index (χ4v) is 3.29. The molecule has 2 aromatic carbocycles. The van der Waals surface area contributed by atoms with Gasteiger partial charge < -0.3 is 5.32 Å². The van der Waals surface area contributed by atoms with Gasteiger partial charge in [-0.1, -0.05) is 60.1 Å². The normalized spacial score (nSPS) is 20.2. The summed E-state index contributed by atoms with van der Waals surface area (Å²) in [6.07, 6.45) is 2.46. The highest BCUT2D eigenvalue weighted by atomic mass is 35.5. The van der Waals surface area contributed by atoms with Gasteiger partial charge in [0.05, 0.1) is 12.1 Å². The summed E-state index contributed by atoms with van der Waals surface area (Å²) in [4.78, 5) is 4.34. The molecule has 110 valence electrons. The molecule has 2 atom stereocenters. The van der Waals surface area contributed by atoms with E-state index in [1.807, 2.05) is 28.9 Å². The van der Waals surface area contributed by atoms with Crippen LogP contribution < -0.4 is 5.32 Å². The van der Waals surface area contributed by atoms with Crippen molar-refractivity contribution < 1.29 is 0 Å². The summed E-state index contributed by atoms with van der Waals surface area (Å²) >= 11 is 6.40. The lowest BCUT2D eigenvalue weighted by molar-refractivity contribution is 0.431. The second-order valence-corrected chi connectivity index (χ2v) is 5.82. The van der Waals surface area contributed by atoms with Crippen molar-refractivity contribution in [1.29, 1.82) is 0 Å². The Labute approximate surface area is 133 Å². The average molecular weight is 311 g/mol. The summed E-state index contributed by atoms with van der Waals surface area (Å²) in [6.45, 7) is 0. The van der Waals surface area contributed by atoms with Gasteiger partial charge in [0, 0.05) is 5.02 Å². The van der Waals surface area contributed by atoms with Crippen molar-refractivity contribution in [2.24, 2.45) is 0 Å². The first-order chi connectivity index (χ1) is 10.8. The predicted octanol–water partition coefficient (Wildman–Crippen LogP) is 4.08. The molecular formula is C17H15ClN4. The molecule has 0 unspecified atom stereocenters. The zero-order chi connectivity index (χ0) is 14.9. The maximum atomic E-state index is 6.40. The number of hydrogen-bond donors (Lipinski definition) is 1. The lowest BCUT2D eigenvalue weighted by Crippen LogP contribution is -2.28. The summed E-state index contributed by atoms with van der Waals surface area (Å²) in [5.74, 6) is 0.782. The molecule has 1 aliphatic heterocycles. The lowest BCUT2D eigenvalue weighted by atomic mass is 9.93. The van der Waals surface area contributed by atoms with Crippen LogP contribution in [0.2, 0.25) is 5.02 Å². The summed E-state index contributed by atoms with van der Waals surface area (Å²) in [6, 6.07) is 18.6. The van der Waals surface area contributed by atoms with E-state index in [0.29, 0.717) is 0 Å². The SMILES string of the molecule is Clc1ccccc1[C@H]1C[C@H](c2ccccc2)Nc2ncnn21. The van der Waals surface area contributed by atoms with Crippen molar-refractivity contribution in [2.45, 2.75) is 18.5 Å². The molecule has 0 saturated heterocycles. The van der Waals surface area contributed by atoms with Crippen LogP contribution in [-0.4, -0.2) is 14.8 Å². The fraction of sp³-hybridized carbons (Fsp3) is 0.176. The number of benzene rings is 2. The number of nitrogens with one attached hydrogen (secondary N) is 1. The van der Waals surface area contributed by atoms with E-state index in [1.165, 1.54) is 5.56 Å². The van der Waals surface area contributed by atoms with Crippen molar-refractivity contribution in [3.63, 3.8) is 0 Å². The standard InChI is InChI=1S/C17H15ClN4/c18-14-9-5-4-8-13(14)16-10-15(12-6-2-1-3-7-12)21-17-19-11-20-22(16)17/h1-9,11,15-16H,10H2,(H,19,20,21)/t15-,16-/m1/s1. The van der Waals surface area contributed by atoms with E-state index in [4.69, 9.17) is 11.6 Å². The highest BCUT2D eigenvalue weighted by Gasteiger charge is 2.30. The van der Waals surface area contributed by atoms with E-state index in [-0.39, 0.29) is 12.1 Å². The van der Waals surface area contributed by atoms with Crippen LogP contribution in [0.4, 0.5) is 5.95 Å². The van der Waals surface area contributed by atoms with E-state index in [9.17, 15) is 0 Å². The first kappa shape index (κ1) is 13.3. The Morgan fingerprint density at radius 3 is 2.64 bits per heavy atom. The Bertz CT molecular complexity index is 784. The maximum Gasteiger partial charge on any atom is 0.222 e. The van der Waals surface area contributed by atoms with Gasteiger partial charge in [-0.15, -0.1) is 0 Å². The molecule has 4 rings (SSSR count). The molecule has 0 amide bonds. The molecule has 0 spiro atoms. The Morgan fingerprint density at radius 1 is 1.05 bits per heavy atom. The number of rotatable bonds is 2. The Hall–Kier alpha value is -2.33. The third-order valence-corrected chi connectivity index (χ3v) is 4.44. The van der Waals surface area contributed by atoms with Gasteiger partial charge in [0.2, 0.25) is 5.95 Å². The van der Waals surface area contributed by atoms with E-state index in [2.05, 4.69) is 45.7 Å². The van der Waals surface area contributed by atoms with Crippen LogP contribution in [0, 0.1) is 0 Å². The van der Waals surface area contributed by atoms with Crippen molar-refractivity contribution in [2.75, 3.05) is 5.32 Å². The number of fused-ring (bicyclic) bond motifs is 1. The van der Waals surface area contributed by atoms with Gasteiger partial charge in [-0.25, -0.2) is 4.68 Å². The third kappa shape index (κ3) is 2.25. The van der Waals surface area contributed by atoms with Crippen LogP contribution in [0.15, 0.2) is 60.9 Å². The molecule has 2 heterocycles. The average Bonchev–Trinajstić information content (AvgIpc) is 3.04. The largest absolute Gasteiger partial charge is 0.348 e. The summed E-state index contributed by atoms with van der Waals surface area (Å²) < 4.78 is 1.92. The number of aromatic nitrogens is 3. The molecule has 4 nitrogen and oxygen atoms in total. The monoisotopic (exact) mass is 310 g/mol. The summed E-state index contributed by atoms with van der Waals surface area (Å²) in [7, 11) is 0. The molecule has 1 aromatic heterocycles.